The molecule has 1 amide bonds. The first kappa shape index (κ1) is 10.3. The number of nitrogens with zero attached hydrogens (tertiary/aromatic N) is 1. The van der Waals surface area contributed by atoms with Gasteiger partial charge in [0.05, 0.1) is 6.54 Å². The van der Waals surface area contributed by atoms with E-state index >= 15 is 0 Å². The Morgan fingerprint density at radius 2 is 2.40 bits per heavy atom. The van der Waals surface area contributed by atoms with Gasteiger partial charge in [-0.1, -0.05) is 19.1 Å². The van der Waals surface area contributed by atoms with Crippen LogP contribution in [0.25, 0.3) is 0 Å². The number of allylic oxidation sites excluding steroid dienone is 2. The zero-order valence-corrected chi connectivity index (χ0v) is 9.38. The van der Waals surface area contributed by atoms with Crippen molar-refractivity contribution in [2.45, 2.75) is 26.7 Å². The van der Waals surface area contributed by atoms with Gasteiger partial charge < -0.3 is 4.74 Å². The van der Waals surface area contributed by atoms with Gasteiger partial charge in [-0.3, -0.25) is 4.90 Å². The predicted molar refractivity (Wildman–Crippen MR) is 58.3 cm³/mol. The minimum absolute atomic E-state index is 0.100. The van der Waals surface area contributed by atoms with Crippen LogP contribution in [0.3, 0.4) is 0 Å². The summed E-state index contributed by atoms with van der Waals surface area (Å²) in [6, 6.07) is 0. The third-order valence-electron chi connectivity index (χ3n) is 3.65. The van der Waals surface area contributed by atoms with E-state index in [1.807, 2.05) is 6.20 Å². The second-order valence-corrected chi connectivity index (χ2v) is 4.57. The molecule has 0 aromatic carbocycles. The maximum Gasteiger partial charge on any atom is 0.413 e. The van der Waals surface area contributed by atoms with Crippen molar-refractivity contribution in [2.24, 2.45) is 5.41 Å². The Hall–Kier alpha value is -1.25. The zero-order chi connectivity index (χ0) is 11.1. The van der Waals surface area contributed by atoms with Crippen molar-refractivity contribution in [3.8, 4) is 0 Å². The van der Waals surface area contributed by atoms with Gasteiger partial charge in [0.15, 0.2) is 0 Å². The lowest BCUT2D eigenvalue weighted by molar-refractivity contribution is 0.165. The first-order valence-corrected chi connectivity index (χ1v) is 5.34. The van der Waals surface area contributed by atoms with Crippen molar-refractivity contribution in [1.82, 2.24) is 4.90 Å². The monoisotopic (exact) mass is 207 g/mol. The van der Waals surface area contributed by atoms with Crippen LogP contribution >= 0.6 is 0 Å². The first-order chi connectivity index (χ1) is 7.04. The number of rotatable bonds is 2. The summed E-state index contributed by atoms with van der Waals surface area (Å²) in [5, 5.41) is 0. The van der Waals surface area contributed by atoms with E-state index in [1.54, 1.807) is 4.90 Å². The molecule has 0 spiro atoms. The maximum absolute atomic E-state index is 11.3. The van der Waals surface area contributed by atoms with Gasteiger partial charge in [0, 0.05) is 11.6 Å². The minimum Gasteiger partial charge on any atom is -0.447 e. The maximum atomic E-state index is 11.3. The predicted octanol–water partition coefficient (Wildman–Crippen LogP) is 2.70. The van der Waals surface area contributed by atoms with Crippen molar-refractivity contribution < 1.29 is 9.53 Å². The van der Waals surface area contributed by atoms with Gasteiger partial charge in [-0.05, 0) is 25.3 Å². The van der Waals surface area contributed by atoms with Crippen molar-refractivity contribution in [3.63, 3.8) is 0 Å². The van der Waals surface area contributed by atoms with Gasteiger partial charge in [-0.15, -0.1) is 0 Å². The fourth-order valence-corrected chi connectivity index (χ4v) is 2.05. The third-order valence-corrected chi connectivity index (χ3v) is 3.65. The summed E-state index contributed by atoms with van der Waals surface area (Å²) in [5.41, 5.74) is 2.57. The SMILES string of the molecule is C=C(C)C1(C)CC/C1=C/N1CCOC1=O. The minimum atomic E-state index is -0.224. The number of hydrogen-bond donors (Lipinski definition) is 0. The van der Waals surface area contributed by atoms with Crippen molar-refractivity contribution in [2.75, 3.05) is 13.2 Å². The Morgan fingerprint density at radius 1 is 1.67 bits per heavy atom. The summed E-state index contributed by atoms with van der Waals surface area (Å²) < 4.78 is 4.88. The van der Waals surface area contributed by atoms with E-state index in [1.165, 1.54) is 11.1 Å². The van der Waals surface area contributed by atoms with Gasteiger partial charge in [-0.25, -0.2) is 4.79 Å². The molecule has 0 aromatic heterocycles. The van der Waals surface area contributed by atoms with E-state index in [0.717, 1.165) is 12.8 Å². The molecule has 15 heavy (non-hydrogen) atoms. The molecule has 1 aliphatic carbocycles. The number of ether oxygens (including phenoxy) is 1. The average molecular weight is 207 g/mol. The van der Waals surface area contributed by atoms with Gasteiger partial charge in [0.2, 0.25) is 0 Å². The Bertz CT molecular complexity index is 346. The van der Waals surface area contributed by atoms with Crippen molar-refractivity contribution in [3.05, 3.63) is 23.9 Å². The number of cyclic esters (lactones) is 1. The highest BCUT2D eigenvalue weighted by Crippen LogP contribution is 2.50. The van der Waals surface area contributed by atoms with Crippen LogP contribution in [0.15, 0.2) is 23.9 Å². The van der Waals surface area contributed by atoms with Crippen LogP contribution in [0.1, 0.15) is 26.7 Å². The van der Waals surface area contributed by atoms with E-state index in [2.05, 4.69) is 20.4 Å². The lowest BCUT2D eigenvalue weighted by Crippen LogP contribution is -2.32. The molecule has 2 rings (SSSR count). The second kappa shape index (κ2) is 3.40. The highest BCUT2D eigenvalue weighted by Gasteiger charge is 2.39. The van der Waals surface area contributed by atoms with Gasteiger partial charge in [0.1, 0.15) is 6.61 Å². The molecule has 1 heterocycles. The van der Waals surface area contributed by atoms with E-state index in [9.17, 15) is 4.79 Å². The van der Waals surface area contributed by atoms with Crippen LogP contribution in [0.4, 0.5) is 4.79 Å². The van der Waals surface area contributed by atoms with Gasteiger partial charge in [0.25, 0.3) is 0 Å². The molecule has 0 radical (unpaired) electrons. The molecule has 1 saturated carbocycles. The molecule has 0 N–H and O–H groups in total. The summed E-state index contributed by atoms with van der Waals surface area (Å²) in [5.74, 6) is 0. The topological polar surface area (TPSA) is 29.5 Å². The largest absolute Gasteiger partial charge is 0.447 e. The average Bonchev–Trinajstić information content (AvgIpc) is 2.57. The molecule has 3 nitrogen and oxygen atoms in total. The van der Waals surface area contributed by atoms with E-state index in [0.29, 0.717) is 13.2 Å². The molecule has 82 valence electrons. The Labute approximate surface area is 90.4 Å². The molecule has 0 aromatic rings. The third kappa shape index (κ3) is 1.56. The van der Waals surface area contributed by atoms with E-state index in [-0.39, 0.29) is 11.5 Å². The summed E-state index contributed by atoms with van der Waals surface area (Å²) in [6.45, 7) is 9.44. The smallest absolute Gasteiger partial charge is 0.413 e. The van der Waals surface area contributed by atoms with Crippen LogP contribution < -0.4 is 0 Å². The number of hydrogen-bond acceptors (Lipinski definition) is 2. The van der Waals surface area contributed by atoms with Gasteiger partial charge in [-0.2, -0.15) is 0 Å². The summed E-state index contributed by atoms with van der Waals surface area (Å²) in [7, 11) is 0. The van der Waals surface area contributed by atoms with Crippen molar-refractivity contribution >= 4 is 6.09 Å². The highest BCUT2D eigenvalue weighted by atomic mass is 16.6. The number of carbonyl (C=O) groups excluding carboxylic acids is 1. The molecule has 1 unspecified atom stereocenters. The van der Waals surface area contributed by atoms with E-state index in [4.69, 9.17) is 4.74 Å². The van der Waals surface area contributed by atoms with Gasteiger partial charge >= 0.3 is 6.09 Å². The van der Waals surface area contributed by atoms with E-state index < -0.39 is 0 Å². The quantitative estimate of drug-likeness (QED) is 0.651. The van der Waals surface area contributed by atoms with Crippen LogP contribution in [-0.2, 0) is 4.74 Å². The lowest BCUT2D eigenvalue weighted by Gasteiger charge is -2.43. The summed E-state index contributed by atoms with van der Waals surface area (Å²) in [4.78, 5) is 12.9. The molecule has 1 atom stereocenters. The molecular formula is C12H17NO2. The van der Waals surface area contributed by atoms with Crippen molar-refractivity contribution in [1.29, 1.82) is 0 Å². The fourth-order valence-electron chi connectivity index (χ4n) is 2.05. The highest BCUT2D eigenvalue weighted by molar-refractivity contribution is 5.70. The second-order valence-electron chi connectivity index (χ2n) is 4.57. The summed E-state index contributed by atoms with van der Waals surface area (Å²) in [6.07, 6.45) is 3.93. The van der Waals surface area contributed by atoms with Crippen LogP contribution in [-0.4, -0.2) is 24.1 Å². The summed E-state index contributed by atoms with van der Waals surface area (Å²) >= 11 is 0. The van der Waals surface area contributed by atoms with Crippen LogP contribution in [0, 0.1) is 5.41 Å². The number of carbonyl (C=O) groups is 1. The van der Waals surface area contributed by atoms with Crippen LogP contribution in [0.5, 0.6) is 0 Å². The molecule has 3 heteroatoms. The molecule has 2 aliphatic rings. The molecule has 2 fully saturated rings. The fraction of sp³-hybridized carbons (Fsp3) is 0.583. The normalized spacial score (nSPS) is 32.8. The molecule has 0 bridgehead atoms. The molecule has 1 saturated heterocycles. The lowest BCUT2D eigenvalue weighted by atomic mass is 9.62. The van der Waals surface area contributed by atoms with Crippen LogP contribution in [0.2, 0.25) is 0 Å². The number of amides is 1. The Kier molecular flexibility index (Phi) is 2.33. The first-order valence-electron chi connectivity index (χ1n) is 5.34. The Morgan fingerprint density at radius 3 is 2.80 bits per heavy atom. The molecule has 1 aliphatic heterocycles. The standard InChI is InChI=1S/C12H17NO2/c1-9(2)12(3)5-4-10(12)8-13-6-7-15-11(13)14/h8H,1,4-7H2,2-3H3/b10-8-. The Balaban J connectivity index is 2.14. The zero-order valence-electron chi connectivity index (χ0n) is 9.38. The molecular weight excluding hydrogens is 190 g/mol.